The summed E-state index contributed by atoms with van der Waals surface area (Å²) in [5.41, 5.74) is 1.51. The first-order valence-electron chi connectivity index (χ1n) is 6.20. The first-order valence-corrected chi connectivity index (χ1v) is 7.14. The van der Waals surface area contributed by atoms with Gasteiger partial charge in [0.05, 0.1) is 0 Å². The Kier molecular flexibility index (Phi) is 4.38. The number of hydrogen-bond donors (Lipinski definition) is 1. The van der Waals surface area contributed by atoms with Gasteiger partial charge in [-0.15, -0.1) is 0 Å². The second-order valence-electron chi connectivity index (χ2n) is 4.80. The zero-order chi connectivity index (χ0) is 11.4. The van der Waals surface area contributed by atoms with E-state index in [9.17, 15) is 0 Å². The predicted octanol–water partition coefficient (Wildman–Crippen LogP) is 2.74. The number of thiophene rings is 1. The minimum absolute atomic E-state index is 0.612. The van der Waals surface area contributed by atoms with Crippen molar-refractivity contribution in [1.82, 2.24) is 10.2 Å². The Hall–Kier alpha value is -0.380. The summed E-state index contributed by atoms with van der Waals surface area (Å²) >= 11 is 1.82. The predicted molar refractivity (Wildman–Crippen MR) is 71.0 cm³/mol. The molecule has 2 unspecified atom stereocenters. The summed E-state index contributed by atoms with van der Waals surface area (Å²) in [6, 6.07) is 2.90. The highest BCUT2D eigenvalue weighted by molar-refractivity contribution is 7.07. The van der Waals surface area contributed by atoms with Gasteiger partial charge in [-0.25, -0.2) is 0 Å². The molecule has 1 saturated heterocycles. The van der Waals surface area contributed by atoms with Gasteiger partial charge in [0.15, 0.2) is 0 Å². The average molecular weight is 238 g/mol. The lowest BCUT2D eigenvalue weighted by atomic mass is 9.91. The van der Waals surface area contributed by atoms with Crippen LogP contribution in [0.15, 0.2) is 16.8 Å². The van der Waals surface area contributed by atoms with Gasteiger partial charge in [0.25, 0.3) is 0 Å². The van der Waals surface area contributed by atoms with E-state index in [4.69, 9.17) is 0 Å². The summed E-state index contributed by atoms with van der Waals surface area (Å²) < 4.78 is 0. The first-order chi connectivity index (χ1) is 7.83. The van der Waals surface area contributed by atoms with Crippen molar-refractivity contribution in [3.8, 4) is 0 Å². The van der Waals surface area contributed by atoms with Crippen molar-refractivity contribution in [2.75, 3.05) is 27.2 Å². The molecule has 2 rings (SSSR count). The number of nitrogens with one attached hydrogen (secondary N) is 1. The van der Waals surface area contributed by atoms with Gasteiger partial charge in [-0.1, -0.05) is 6.42 Å². The van der Waals surface area contributed by atoms with Gasteiger partial charge in [-0.2, -0.15) is 11.3 Å². The number of likely N-dealkylation sites (tertiary alicyclic amines) is 1. The molecule has 1 aromatic rings. The lowest BCUT2D eigenvalue weighted by molar-refractivity contribution is 0.191. The van der Waals surface area contributed by atoms with E-state index in [2.05, 4.69) is 41.1 Å². The minimum atomic E-state index is 0.612. The average Bonchev–Trinajstić information content (AvgIpc) is 2.72. The fourth-order valence-electron chi connectivity index (χ4n) is 2.87. The Labute approximate surface area is 103 Å². The lowest BCUT2D eigenvalue weighted by Crippen LogP contribution is -2.33. The van der Waals surface area contributed by atoms with Gasteiger partial charge >= 0.3 is 0 Å². The van der Waals surface area contributed by atoms with E-state index in [1.54, 1.807) is 0 Å². The minimum Gasteiger partial charge on any atom is -0.319 e. The second-order valence-corrected chi connectivity index (χ2v) is 5.58. The Balaban J connectivity index is 2.19. The zero-order valence-corrected chi connectivity index (χ0v) is 11.1. The molecule has 3 heteroatoms. The van der Waals surface area contributed by atoms with Crippen molar-refractivity contribution in [2.45, 2.75) is 25.3 Å². The van der Waals surface area contributed by atoms with Crippen molar-refractivity contribution in [3.05, 3.63) is 22.4 Å². The number of nitrogens with zero attached hydrogens (tertiary/aromatic N) is 1. The van der Waals surface area contributed by atoms with Crippen LogP contribution in [0.2, 0.25) is 0 Å². The van der Waals surface area contributed by atoms with Crippen LogP contribution in [0.25, 0.3) is 0 Å². The SMILES string of the molecule is CNCC1CCCCN(C)C1c1ccsc1. The molecule has 1 aromatic heterocycles. The Bertz CT molecular complexity index is 297. The summed E-state index contributed by atoms with van der Waals surface area (Å²) in [5.74, 6) is 0.757. The molecule has 2 heterocycles. The van der Waals surface area contributed by atoms with Crippen LogP contribution in [0.4, 0.5) is 0 Å². The smallest absolute Gasteiger partial charge is 0.0393 e. The van der Waals surface area contributed by atoms with E-state index >= 15 is 0 Å². The van der Waals surface area contributed by atoms with Crippen LogP contribution < -0.4 is 5.32 Å². The van der Waals surface area contributed by atoms with E-state index in [0.717, 1.165) is 12.5 Å². The van der Waals surface area contributed by atoms with Gasteiger partial charge in [0.1, 0.15) is 0 Å². The first kappa shape index (κ1) is 12.1. The maximum atomic E-state index is 3.35. The van der Waals surface area contributed by atoms with E-state index in [-0.39, 0.29) is 0 Å². The summed E-state index contributed by atoms with van der Waals surface area (Å²) in [4.78, 5) is 2.54. The Morgan fingerprint density at radius 2 is 2.38 bits per heavy atom. The van der Waals surface area contributed by atoms with Gasteiger partial charge in [0.2, 0.25) is 0 Å². The molecule has 0 amide bonds. The third-order valence-electron chi connectivity index (χ3n) is 3.61. The normalized spacial score (nSPS) is 27.9. The van der Waals surface area contributed by atoms with Crippen LogP contribution in [0, 0.1) is 5.92 Å². The van der Waals surface area contributed by atoms with Crippen LogP contribution in [-0.4, -0.2) is 32.1 Å². The highest BCUT2D eigenvalue weighted by Gasteiger charge is 2.28. The third-order valence-corrected chi connectivity index (χ3v) is 4.31. The van der Waals surface area contributed by atoms with Gasteiger partial charge in [0, 0.05) is 6.04 Å². The van der Waals surface area contributed by atoms with Crippen LogP contribution in [-0.2, 0) is 0 Å². The van der Waals surface area contributed by atoms with Crippen molar-refractivity contribution >= 4 is 11.3 Å². The van der Waals surface area contributed by atoms with Crippen molar-refractivity contribution in [3.63, 3.8) is 0 Å². The third kappa shape index (κ3) is 2.65. The number of rotatable bonds is 3. The van der Waals surface area contributed by atoms with Crippen molar-refractivity contribution < 1.29 is 0 Å². The fraction of sp³-hybridized carbons (Fsp3) is 0.692. The number of hydrogen-bond acceptors (Lipinski definition) is 3. The molecule has 0 radical (unpaired) electrons. The molecule has 0 spiro atoms. The van der Waals surface area contributed by atoms with Crippen LogP contribution >= 0.6 is 11.3 Å². The second kappa shape index (κ2) is 5.80. The van der Waals surface area contributed by atoms with E-state index in [1.807, 2.05) is 11.3 Å². The molecule has 0 saturated carbocycles. The van der Waals surface area contributed by atoms with Crippen LogP contribution in [0.5, 0.6) is 0 Å². The summed E-state index contributed by atoms with van der Waals surface area (Å²) in [5, 5.41) is 7.87. The topological polar surface area (TPSA) is 15.3 Å². The van der Waals surface area contributed by atoms with Crippen molar-refractivity contribution in [2.24, 2.45) is 5.92 Å². The van der Waals surface area contributed by atoms with Gasteiger partial charge < -0.3 is 5.32 Å². The van der Waals surface area contributed by atoms with Crippen molar-refractivity contribution in [1.29, 1.82) is 0 Å². The zero-order valence-electron chi connectivity index (χ0n) is 10.3. The monoisotopic (exact) mass is 238 g/mol. The van der Waals surface area contributed by atoms with E-state index in [1.165, 1.54) is 31.4 Å². The summed E-state index contributed by atoms with van der Waals surface area (Å²) in [7, 11) is 4.34. The highest BCUT2D eigenvalue weighted by Crippen LogP contribution is 2.34. The maximum absolute atomic E-state index is 3.35. The molecule has 1 fully saturated rings. The largest absolute Gasteiger partial charge is 0.319 e. The molecule has 1 aliphatic heterocycles. The lowest BCUT2D eigenvalue weighted by Gasteiger charge is -2.32. The molecular formula is C13H22N2S. The maximum Gasteiger partial charge on any atom is 0.0393 e. The molecule has 2 nitrogen and oxygen atoms in total. The standard InChI is InChI=1S/C13H22N2S/c1-14-9-11-5-3-4-7-15(2)13(11)12-6-8-16-10-12/h6,8,10-11,13-14H,3-5,7,9H2,1-2H3. The molecule has 1 aliphatic rings. The highest BCUT2D eigenvalue weighted by atomic mass is 32.1. The fourth-order valence-corrected chi connectivity index (χ4v) is 3.56. The molecule has 0 aliphatic carbocycles. The molecule has 0 bridgehead atoms. The summed E-state index contributed by atoms with van der Waals surface area (Å²) in [6.45, 7) is 2.37. The molecule has 90 valence electrons. The molecular weight excluding hydrogens is 216 g/mol. The van der Waals surface area contributed by atoms with Gasteiger partial charge in [-0.3, -0.25) is 4.90 Å². The molecule has 16 heavy (non-hydrogen) atoms. The van der Waals surface area contributed by atoms with Crippen LogP contribution in [0.3, 0.4) is 0 Å². The Morgan fingerprint density at radius 1 is 1.50 bits per heavy atom. The van der Waals surface area contributed by atoms with E-state index in [0.29, 0.717) is 6.04 Å². The molecule has 1 N–H and O–H groups in total. The molecule has 2 atom stereocenters. The van der Waals surface area contributed by atoms with Gasteiger partial charge in [-0.05, 0) is 68.3 Å². The van der Waals surface area contributed by atoms with E-state index < -0.39 is 0 Å². The quantitative estimate of drug-likeness (QED) is 0.871. The van der Waals surface area contributed by atoms with Crippen LogP contribution in [0.1, 0.15) is 30.9 Å². The molecule has 0 aromatic carbocycles. The Morgan fingerprint density at radius 3 is 3.06 bits per heavy atom. The summed E-state index contributed by atoms with van der Waals surface area (Å²) in [6.07, 6.45) is 4.07.